The molecule has 0 aromatic heterocycles. The molecule has 0 radical (unpaired) electrons. The van der Waals surface area contributed by atoms with Gasteiger partial charge in [0.2, 0.25) is 0 Å². The standard InChI is InChI=1S/C8H20NO4/c10-5-1-9(2-6-11,3-7-12)4-8-13/h10-13H,1-8H2/q+1. The van der Waals surface area contributed by atoms with Crippen LogP contribution in [-0.4, -0.2) is 77.5 Å². The van der Waals surface area contributed by atoms with Crippen molar-refractivity contribution in [3.63, 3.8) is 0 Å². The first-order valence-corrected chi connectivity index (χ1v) is 4.53. The van der Waals surface area contributed by atoms with Crippen LogP contribution in [0.1, 0.15) is 0 Å². The fourth-order valence-electron chi connectivity index (χ4n) is 1.52. The maximum Gasteiger partial charge on any atom is 0.102 e. The summed E-state index contributed by atoms with van der Waals surface area (Å²) < 4.78 is 0.375. The van der Waals surface area contributed by atoms with Crippen LogP contribution < -0.4 is 0 Å². The number of rotatable bonds is 8. The van der Waals surface area contributed by atoms with Crippen LogP contribution in [0.3, 0.4) is 0 Å². The van der Waals surface area contributed by atoms with E-state index in [9.17, 15) is 0 Å². The van der Waals surface area contributed by atoms with Gasteiger partial charge in [-0.1, -0.05) is 0 Å². The van der Waals surface area contributed by atoms with Crippen LogP contribution in [-0.2, 0) is 0 Å². The van der Waals surface area contributed by atoms with Crippen molar-refractivity contribution >= 4 is 0 Å². The van der Waals surface area contributed by atoms with Gasteiger partial charge in [-0.2, -0.15) is 0 Å². The van der Waals surface area contributed by atoms with E-state index >= 15 is 0 Å². The summed E-state index contributed by atoms with van der Waals surface area (Å²) in [7, 11) is 0. The van der Waals surface area contributed by atoms with Gasteiger partial charge < -0.3 is 24.9 Å². The Morgan fingerprint density at radius 2 is 0.769 bits per heavy atom. The van der Waals surface area contributed by atoms with Gasteiger partial charge in [0.25, 0.3) is 0 Å². The molecule has 0 aliphatic carbocycles. The van der Waals surface area contributed by atoms with Gasteiger partial charge in [0.05, 0.1) is 26.4 Å². The molecule has 0 bridgehead atoms. The highest BCUT2D eigenvalue weighted by Gasteiger charge is 2.24. The van der Waals surface area contributed by atoms with Gasteiger partial charge in [-0.3, -0.25) is 0 Å². The Hall–Kier alpha value is -0.200. The van der Waals surface area contributed by atoms with Crippen molar-refractivity contribution < 1.29 is 24.9 Å². The van der Waals surface area contributed by atoms with E-state index in [1.165, 1.54) is 0 Å². The van der Waals surface area contributed by atoms with Gasteiger partial charge >= 0.3 is 0 Å². The molecule has 5 nitrogen and oxygen atoms in total. The van der Waals surface area contributed by atoms with Gasteiger partial charge in [-0.15, -0.1) is 0 Å². The molecule has 0 aromatic carbocycles. The molecule has 0 rings (SSSR count). The summed E-state index contributed by atoms with van der Waals surface area (Å²) in [4.78, 5) is 0. The van der Waals surface area contributed by atoms with E-state index in [1.54, 1.807) is 0 Å². The van der Waals surface area contributed by atoms with Gasteiger partial charge in [-0.05, 0) is 0 Å². The Bertz CT molecular complexity index is 91.2. The van der Waals surface area contributed by atoms with Gasteiger partial charge in [0.15, 0.2) is 0 Å². The van der Waals surface area contributed by atoms with E-state index in [2.05, 4.69) is 0 Å². The van der Waals surface area contributed by atoms with E-state index in [-0.39, 0.29) is 26.4 Å². The molecule has 4 N–H and O–H groups in total. The minimum Gasteiger partial charge on any atom is -0.391 e. The first kappa shape index (κ1) is 12.8. The number of aliphatic hydroxyl groups excluding tert-OH is 4. The van der Waals surface area contributed by atoms with Crippen LogP contribution >= 0.6 is 0 Å². The second-order valence-corrected chi connectivity index (χ2v) is 3.13. The molecule has 0 amide bonds. The molecule has 0 aliphatic heterocycles. The fourth-order valence-corrected chi connectivity index (χ4v) is 1.52. The lowest BCUT2D eigenvalue weighted by Gasteiger charge is -2.36. The topological polar surface area (TPSA) is 80.9 Å². The van der Waals surface area contributed by atoms with Crippen LogP contribution in [0.4, 0.5) is 0 Å². The average Bonchev–Trinajstić information content (AvgIpc) is 2.06. The lowest BCUT2D eigenvalue weighted by atomic mass is 10.3. The minimum absolute atomic E-state index is 0. The quantitative estimate of drug-likeness (QED) is 0.330. The predicted molar refractivity (Wildman–Crippen MR) is 48.1 cm³/mol. The molecular weight excluding hydrogens is 174 g/mol. The Balaban J connectivity index is 4.19. The summed E-state index contributed by atoms with van der Waals surface area (Å²) in [6.45, 7) is 1.84. The van der Waals surface area contributed by atoms with Crippen LogP contribution in [0, 0.1) is 0 Å². The number of quaternary nitrogens is 1. The first-order chi connectivity index (χ1) is 6.24. The maximum absolute atomic E-state index is 8.82. The zero-order valence-electron chi connectivity index (χ0n) is 7.89. The summed E-state index contributed by atoms with van der Waals surface area (Å²) in [5, 5.41) is 35.3. The molecule has 0 unspecified atom stereocenters. The minimum atomic E-state index is 0. The highest BCUT2D eigenvalue weighted by molar-refractivity contribution is 4.44. The van der Waals surface area contributed by atoms with E-state index in [4.69, 9.17) is 20.4 Å². The zero-order chi connectivity index (χ0) is 10.2. The predicted octanol–water partition coefficient (Wildman–Crippen LogP) is -2.23. The molecule has 80 valence electrons. The Morgan fingerprint density at radius 1 is 0.538 bits per heavy atom. The molecule has 0 saturated carbocycles. The molecule has 0 atom stereocenters. The second kappa shape index (κ2) is 7.23. The van der Waals surface area contributed by atoms with Crippen LogP contribution in [0.25, 0.3) is 0 Å². The second-order valence-electron chi connectivity index (χ2n) is 3.13. The van der Waals surface area contributed by atoms with E-state index < -0.39 is 0 Å². The Labute approximate surface area is 78.4 Å². The van der Waals surface area contributed by atoms with Gasteiger partial charge in [0, 0.05) is 0 Å². The van der Waals surface area contributed by atoms with Crippen molar-refractivity contribution in [3.8, 4) is 0 Å². The summed E-state index contributed by atoms with van der Waals surface area (Å²) in [5.74, 6) is 0. The van der Waals surface area contributed by atoms with Gasteiger partial charge in [0.1, 0.15) is 26.2 Å². The molecule has 13 heavy (non-hydrogen) atoms. The molecule has 0 aliphatic rings. The van der Waals surface area contributed by atoms with E-state index in [0.29, 0.717) is 30.7 Å². The lowest BCUT2D eigenvalue weighted by Crippen LogP contribution is -2.54. The van der Waals surface area contributed by atoms with Crippen LogP contribution in [0.15, 0.2) is 0 Å². The largest absolute Gasteiger partial charge is 0.391 e. The van der Waals surface area contributed by atoms with Crippen molar-refractivity contribution in [3.05, 3.63) is 0 Å². The lowest BCUT2D eigenvalue weighted by molar-refractivity contribution is -0.929. The van der Waals surface area contributed by atoms with Crippen molar-refractivity contribution in [2.45, 2.75) is 0 Å². The van der Waals surface area contributed by atoms with Crippen molar-refractivity contribution in [1.29, 1.82) is 0 Å². The molecule has 5 heteroatoms. The summed E-state index contributed by atoms with van der Waals surface area (Å²) in [6, 6.07) is 0. The molecule has 0 aromatic rings. The van der Waals surface area contributed by atoms with Crippen LogP contribution in [0.5, 0.6) is 0 Å². The highest BCUT2D eigenvalue weighted by atomic mass is 16.3. The third-order valence-electron chi connectivity index (χ3n) is 2.30. The molecule has 0 heterocycles. The van der Waals surface area contributed by atoms with Crippen molar-refractivity contribution in [1.82, 2.24) is 0 Å². The molecular formula is C8H20NO4+. The van der Waals surface area contributed by atoms with E-state index in [0.717, 1.165) is 0 Å². The molecule has 0 fully saturated rings. The summed E-state index contributed by atoms with van der Waals surface area (Å²) in [5.41, 5.74) is 0. The SMILES string of the molecule is OCC[N+](CCO)(CCO)CCO. The first-order valence-electron chi connectivity index (χ1n) is 4.53. The monoisotopic (exact) mass is 194 g/mol. The number of aliphatic hydroxyl groups is 4. The smallest absolute Gasteiger partial charge is 0.102 e. The zero-order valence-corrected chi connectivity index (χ0v) is 7.89. The Morgan fingerprint density at radius 3 is 0.923 bits per heavy atom. The average molecular weight is 194 g/mol. The van der Waals surface area contributed by atoms with Crippen LogP contribution in [0.2, 0.25) is 0 Å². The third-order valence-corrected chi connectivity index (χ3v) is 2.30. The molecule has 0 spiro atoms. The number of hydrogen-bond acceptors (Lipinski definition) is 4. The number of nitrogens with zero attached hydrogens (tertiary/aromatic N) is 1. The normalized spacial score (nSPS) is 12.0. The van der Waals surface area contributed by atoms with Gasteiger partial charge in [-0.25, -0.2) is 0 Å². The third kappa shape index (κ3) is 4.54. The summed E-state index contributed by atoms with van der Waals surface area (Å²) >= 11 is 0. The number of hydrogen-bond donors (Lipinski definition) is 4. The van der Waals surface area contributed by atoms with Crippen molar-refractivity contribution in [2.75, 3.05) is 52.6 Å². The highest BCUT2D eigenvalue weighted by Crippen LogP contribution is 2.04. The fraction of sp³-hybridized carbons (Fsp3) is 1.00. The summed E-state index contributed by atoms with van der Waals surface area (Å²) in [6.07, 6.45) is 0. The van der Waals surface area contributed by atoms with Crippen molar-refractivity contribution in [2.24, 2.45) is 0 Å². The molecule has 0 saturated heterocycles. The Kier molecular flexibility index (Phi) is 7.12. The van der Waals surface area contributed by atoms with E-state index in [1.807, 2.05) is 0 Å². The maximum atomic E-state index is 8.82.